The molecule has 0 radical (unpaired) electrons. The van der Waals surface area contributed by atoms with Gasteiger partial charge < -0.3 is 15.2 Å². The van der Waals surface area contributed by atoms with Crippen LogP contribution < -0.4 is 14.8 Å². The van der Waals surface area contributed by atoms with E-state index >= 15 is 0 Å². The first-order chi connectivity index (χ1) is 16.7. The Labute approximate surface area is 208 Å². The molecule has 0 fully saturated rings. The first-order valence-electron chi connectivity index (χ1n) is 11.5. The van der Waals surface area contributed by atoms with E-state index in [-0.39, 0.29) is 4.21 Å². The maximum absolute atomic E-state index is 13.1. The Morgan fingerprint density at radius 3 is 2.77 bits per heavy atom. The zero-order valence-corrected chi connectivity index (χ0v) is 21.2. The van der Waals surface area contributed by atoms with E-state index in [2.05, 4.69) is 15.0 Å². The number of carbonyl (C=O) groups excluding carboxylic acids is 1. The van der Waals surface area contributed by atoms with Gasteiger partial charge in [0, 0.05) is 22.7 Å². The molecule has 184 valence electrons. The molecule has 10 heteroatoms. The number of anilines is 1. The lowest BCUT2D eigenvalue weighted by molar-refractivity contribution is 0.0395. The molecule has 0 bridgehead atoms. The van der Waals surface area contributed by atoms with Crippen LogP contribution in [0.2, 0.25) is 0 Å². The van der Waals surface area contributed by atoms with Gasteiger partial charge in [0.25, 0.3) is 10.0 Å². The zero-order valence-electron chi connectivity index (χ0n) is 19.6. The lowest BCUT2D eigenvalue weighted by Crippen LogP contribution is -2.34. The minimum atomic E-state index is -4.11. The topological polar surface area (TPSA) is 118 Å². The lowest BCUT2D eigenvalue weighted by atomic mass is 9.85. The summed E-state index contributed by atoms with van der Waals surface area (Å²) in [5, 5.41) is 13.5. The summed E-state index contributed by atoms with van der Waals surface area (Å²) >= 11 is 1.11. The van der Waals surface area contributed by atoms with E-state index < -0.39 is 21.7 Å². The Bertz CT molecular complexity index is 1410. The molecule has 35 heavy (non-hydrogen) atoms. The van der Waals surface area contributed by atoms with Gasteiger partial charge in [0.05, 0.1) is 18.4 Å². The minimum Gasteiger partial charge on any atom is -0.481 e. The van der Waals surface area contributed by atoms with E-state index in [9.17, 15) is 18.3 Å². The number of amides is 2. The molecule has 0 aliphatic heterocycles. The van der Waals surface area contributed by atoms with Crippen molar-refractivity contribution in [2.24, 2.45) is 0 Å². The van der Waals surface area contributed by atoms with E-state index in [1.807, 2.05) is 18.2 Å². The van der Waals surface area contributed by atoms with Crippen molar-refractivity contribution in [2.45, 2.75) is 55.3 Å². The van der Waals surface area contributed by atoms with Gasteiger partial charge in [-0.1, -0.05) is 12.1 Å². The Morgan fingerprint density at radius 2 is 2.00 bits per heavy atom. The van der Waals surface area contributed by atoms with Crippen LogP contribution in [0.5, 0.6) is 5.88 Å². The van der Waals surface area contributed by atoms with Crippen molar-refractivity contribution in [2.75, 3.05) is 12.4 Å². The van der Waals surface area contributed by atoms with Crippen molar-refractivity contribution in [3.05, 3.63) is 58.1 Å². The van der Waals surface area contributed by atoms with Crippen LogP contribution in [0.15, 0.2) is 40.7 Å². The fourth-order valence-electron chi connectivity index (χ4n) is 4.96. The van der Waals surface area contributed by atoms with Gasteiger partial charge in [-0.2, -0.15) is 0 Å². The van der Waals surface area contributed by atoms with Gasteiger partial charge in [-0.25, -0.2) is 22.9 Å². The molecule has 3 N–H and O–H groups in total. The number of benzene rings is 1. The third-order valence-corrected chi connectivity index (χ3v) is 9.70. The van der Waals surface area contributed by atoms with Crippen molar-refractivity contribution in [1.82, 2.24) is 9.71 Å². The summed E-state index contributed by atoms with van der Waals surface area (Å²) in [5.41, 5.74) is 3.87. The highest BCUT2D eigenvalue weighted by molar-refractivity contribution is 7.92. The first-order valence-corrected chi connectivity index (χ1v) is 13.8. The predicted molar refractivity (Wildman–Crippen MR) is 134 cm³/mol. The number of urea groups is 1. The molecule has 1 atom stereocenters. The third kappa shape index (κ3) is 4.53. The molecule has 0 spiro atoms. The molecule has 2 amide bonds. The standard InChI is InChI=1S/C25H27N3O5S2/c1-25(30)11-4-7-20-19(25)14-22(34-20)35(31,32)28-24(29)27-23-17-6-3-5-15(17)8-9-18(23)16-10-12-26-21(13-16)33-2/h8-10,12-14,30H,3-7,11H2,1-2H3,(H2,27,28,29). The number of fused-ring (bicyclic) bond motifs is 2. The number of hydrogen-bond acceptors (Lipinski definition) is 7. The van der Waals surface area contributed by atoms with Crippen molar-refractivity contribution in [3.63, 3.8) is 0 Å². The molecule has 2 aromatic heterocycles. The van der Waals surface area contributed by atoms with Crippen LogP contribution >= 0.6 is 11.3 Å². The molecule has 8 nitrogen and oxygen atoms in total. The third-order valence-electron chi connectivity index (χ3n) is 6.70. The second kappa shape index (κ2) is 8.92. The second-order valence-corrected chi connectivity index (χ2v) is 12.2. The van der Waals surface area contributed by atoms with Gasteiger partial charge >= 0.3 is 6.03 Å². The first kappa shape index (κ1) is 23.8. The molecule has 1 unspecified atom stereocenters. The SMILES string of the molecule is COc1cc(-c2ccc3c(c2NC(=O)NS(=O)(=O)c2cc4c(s2)CCCC4(C)O)CCC3)ccn1. The van der Waals surface area contributed by atoms with Crippen LogP contribution in [0.25, 0.3) is 11.1 Å². The number of thiophene rings is 1. The number of aliphatic hydroxyl groups is 1. The highest BCUT2D eigenvalue weighted by Gasteiger charge is 2.34. The Morgan fingerprint density at radius 1 is 1.17 bits per heavy atom. The summed E-state index contributed by atoms with van der Waals surface area (Å²) in [4.78, 5) is 18.0. The highest BCUT2D eigenvalue weighted by Crippen LogP contribution is 2.41. The van der Waals surface area contributed by atoms with E-state index in [0.29, 0.717) is 30.0 Å². The van der Waals surface area contributed by atoms with Crippen LogP contribution in [0.4, 0.5) is 10.5 Å². The number of ether oxygens (including phenoxy) is 1. The summed E-state index contributed by atoms with van der Waals surface area (Å²) in [6.45, 7) is 1.69. The van der Waals surface area contributed by atoms with Gasteiger partial charge in [-0.15, -0.1) is 11.3 Å². The average Bonchev–Trinajstić information content (AvgIpc) is 3.47. The molecule has 2 aliphatic carbocycles. The molecule has 2 heterocycles. The quantitative estimate of drug-likeness (QED) is 0.467. The second-order valence-electron chi connectivity index (χ2n) is 9.16. The molecule has 2 aliphatic rings. The Kier molecular flexibility index (Phi) is 6.06. The zero-order chi connectivity index (χ0) is 24.8. The Balaban J connectivity index is 1.44. The normalized spacial score (nSPS) is 19.1. The average molecular weight is 514 g/mol. The number of nitrogens with zero attached hydrogens (tertiary/aromatic N) is 1. The minimum absolute atomic E-state index is 0.0252. The van der Waals surface area contributed by atoms with Crippen molar-refractivity contribution in [1.29, 1.82) is 0 Å². The number of aryl methyl sites for hydroxylation is 2. The smallest absolute Gasteiger partial charge is 0.333 e. The van der Waals surface area contributed by atoms with Crippen LogP contribution in [-0.2, 0) is 34.9 Å². The van der Waals surface area contributed by atoms with Crippen LogP contribution in [0, 0.1) is 0 Å². The number of sulfonamides is 1. The summed E-state index contributed by atoms with van der Waals surface area (Å²) in [5.74, 6) is 0.443. The number of carbonyl (C=O) groups is 1. The van der Waals surface area contributed by atoms with E-state index in [4.69, 9.17) is 4.74 Å². The van der Waals surface area contributed by atoms with Crippen molar-refractivity contribution < 1.29 is 23.1 Å². The molecule has 1 aromatic carbocycles. The largest absolute Gasteiger partial charge is 0.481 e. The van der Waals surface area contributed by atoms with Crippen molar-refractivity contribution >= 4 is 33.1 Å². The van der Waals surface area contributed by atoms with Crippen LogP contribution in [0.1, 0.15) is 47.8 Å². The fraction of sp³-hybridized carbons (Fsp3) is 0.360. The number of methoxy groups -OCH3 is 1. The summed E-state index contributed by atoms with van der Waals surface area (Å²) < 4.78 is 33.6. The molecular formula is C25H27N3O5S2. The monoisotopic (exact) mass is 513 g/mol. The van der Waals surface area contributed by atoms with E-state index in [1.54, 1.807) is 19.2 Å². The summed E-state index contributed by atoms with van der Waals surface area (Å²) in [6.07, 6.45) is 6.37. The van der Waals surface area contributed by atoms with Crippen LogP contribution in [0.3, 0.4) is 0 Å². The van der Waals surface area contributed by atoms with Gasteiger partial charge in [-0.05, 0) is 79.8 Å². The van der Waals surface area contributed by atoms with Crippen LogP contribution in [-0.4, -0.2) is 31.6 Å². The molecule has 0 saturated carbocycles. The molecular weight excluding hydrogens is 486 g/mol. The van der Waals surface area contributed by atoms with Gasteiger partial charge in [0.2, 0.25) is 5.88 Å². The van der Waals surface area contributed by atoms with Gasteiger partial charge in [-0.3, -0.25) is 0 Å². The number of rotatable bonds is 5. The number of aromatic nitrogens is 1. The number of pyridine rings is 1. The molecule has 5 rings (SSSR count). The Hall–Kier alpha value is -2.95. The van der Waals surface area contributed by atoms with E-state index in [1.165, 1.54) is 13.2 Å². The van der Waals surface area contributed by atoms with Gasteiger partial charge in [0.1, 0.15) is 4.21 Å². The summed E-state index contributed by atoms with van der Waals surface area (Å²) in [7, 11) is -2.57. The summed E-state index contributed by atoms with van der Waals surface area (Å²) in [6, 6.07) is 8.24. The number of hydrogen-bond donors (Lipinski definition) is 3. The predicted octanol–water partition coefficient (Wildman–Crippen LogP) is 4.36. The highest BCUT2D eigenvalue weighted by atomic mass is 32.2. The maximum Gasteiger partial charge on any atom is 0.333 e. The molecule has 3 aromatic rings. The number of nitrogens with one attached hydrogen (secondary N) is 2. The fourth-order valence-corrected chi connectivity index (χ4v) is 7.54. The van der Waals surface area contributed by atoms with E-state index in [0.717, 1.165) is 64.2 Å². The van der Waals surface area contributed by atoms with Crippen molar-refractivity contribution in [3.8, 4) is 17.0 Å². The maximum atomic E-state index is 13.1. The molecule has 0 saturated heterocycles. The van der Waals surface area contributed by atoms with Gasteiger partial charge in [0.15, 0.2) is 0 Å². The lowest BCUT2D eigenvalue weighted by Gasteiger charge is -2.28.